The molecule has 1 aliphatic rings. The molecule has 0 heterocycles. The maximum Gasteiger partial charge on any atom is 0.251 e. The Morgan fingerprint density at radius 2 is 2.18 bits per heavy atom. The average molecular weight is 337 g/mol. The predicted octanol–water partition coefficient (Wildman–Crippen LogP) is 3.99. The van der Waals surface area contributed by atoms with Gasteiger partial charge in [0, 0.05) is 15.9 Å². The minimum Gasteiger partial charge on any atom is -0.345 e. The van der Waals surface area contributed by atoms with E-state index in [0.29, 0.717) is 16.5 Å². The molecule has 1 fully saturated rings. The lowest BCUT2D eigenvalue weighted by atomic mass is 9.78. The second-order valence-electron chi connectivity index (χ2n) is 4.35. The summed E-state index contributed by atoms with van der Waals surface area (Å²) in [6.07, 6.45) is 3.03. The van der Waals surface area contributed by atoms with Crippen molar-refractivity contribution in [2.24, 2.45) is 0 Å². The number of alkyl halides is 1. The van der Waals surface area contributed by atoms with Crippen molar-refractivity contribution in [3.05, 3.63) is 33.3 Å². The van der Waals surface area contributed by atoms with Crippen molar-refractivity contribution in [1.29, 1.82) is 0 Å². The molecule has 0 aromatic heterocycles. The molecule has 0 unspecified atom stereocenters. The molecule has 0 atom stereocenters. The molecule has 0 saturated heterocycles. The van der Waals surface area contributed by atoms with Crippen LogP contribution in [0.5, 0.6) is 0 Å². The zero-order valence-electron chi connectivity index (χ0n) is 9.10. The van der Waals surface area contributed by atoms with Crippen LogP contribution < -0.4 is 5.32 Å². The predicted molar refractivity (Wildman–Crippen MR) is 73.9 cm³/mol. The monoisotopic (exact) mass is 335 g/mol. The van der Waals surface area contributed by atoms with Gasteiger partial charge in [-0.15, -0.1) is 11.6 Å². The zero-order chi connectivity index (χ0) is 12.5. The first-order chi connectivity index (χ1) is 8.06. The van der Waals surface area contributed by atoms with Crippen LogP contribution in [0, 0.1) is 0 Å². The second-order valence-corrected chi connectivity index (χ2v) is 5.88. The SMILES string of the molecule is O=C(NC1(CCl)CCC1)c1ccc(Cl)c(Br)c1. The lowest BCUT2D eigenvalue weighted by molar-refractivity contribution is 0.0854. The Morgan fingerprint density at radius 1 is 1.47 bits per heavy atom. The van der Waals surface area contributed by atoms with Crippen molar-refractivity contribution in [3.63, 3.8) is 0 Å². The van der Waals surface area contributed by atoms with Gasteiger partial charge in [-0.05, 0) is 53.4 Å². The summed E-state index contributed by atoms with van der Waals surface area (Å²) >= 11 is 15.1. The van der Waals surface area contributed by atoms with Crippen LogP contribution in [0.25, 0.3) is 0 Å². The Morgan fingerprint density at radius 3 is 2.65 bits per heavy atom. The smallest absolute Gasteiger partial charge is 0.251 e. The molecule has 92 valence electrons. The van der Waals surface area contributed by atoms with E-state index in [1.807, 2.05) is 0 Å². The molecule has 0 spiro atoms. The van der Waals surface area contributed by atoms with E-state index in [0.717, 1.165) is 23.7 Å². The minimum atomic E-state index is -0.204. The van der Waals surface area contributed by atoms with E-state index in [9.17, 15) is 4.79 Å². The van der Waals surface area contributed by atoms with Gasteiger partial charge in [0.25, 0.3) is 5.91 Å². The molecule has 1 amide bonds. The summed E-state index contributed by atoms with van der Waals surface area (Å²) in [6.45, 7) is 0. The van der Waals surface area contributed by atoms with Crippen LogP contribution in [-0.4, -0.2) is 17.3 Å². The van der Waals surface area contributed by atoms with E-state index in [1.165, 1.54) is 0 Å². The number of hydrogen-bond acceptors (Lipinski definition) is 1. The number of carbonyl (C=O) groups is 1. The van der Waals surface area contributed by atoms with Crippen LogP contribution in [0.15, 0.2) is 22.7 Å². The number of nitrogens with one attached hydrogen (secondary N) is 1. The van der Waals surface area contributed by atoms with Crippen LogP contribution in [0.3, 0.4) is 0 Å². The van der Waals surface area contributed by atoms with Gasteiger partial charge in [-0.3, -0.25) is 4.79 Å². The lowest BCUT2D eigenvalue weighted by Gasteiger charge is -2.41. The molecule has 0 radical (unpaired) electrons. The van der Waals surface area contributed by atoms with Gasteiger partial charge in [-0.2, -0.15) is 0 Å². The molecular formula is C12H12BrCl2NO. The highest BCUT2D eigenvalue weighted by Gasteiger charge is 2.37. The molecule has 1 aliphatic carbocycles. The Labute approximate surface area is 119 Å². The van der Waals surface area contributed by atoms with Gasteiger partial charge in [0.1, 0.15) is 0 Å². The number of halogens is 3. The highest BCUT2D eigenvalue weighted by atomic mass is 79.9. The molecule has 0 bridgehead atoms. The van der Waals surface area contributed by atoms with Gasteiger partial charge >= 0.3 is 0 Å². The average Bonchev–Trinajstić information content (AvgIpc) is 2.27. The van der Waals surface area contributed by atoms with E-state index in [1.54, 1.807) is 18.2 Å². The van der Waals surface area contributed by atoms with Gasteiger partial charge in [-0.25, -0.2) is 0 Å². The molecule has 2 nitrogen and oxygen atoms in total. The summed E-state index contributed by atoms with van der Waals surface area (Å²) < 4.78 is 0.723. The third kappa shape index (κ3) is 2.78. The summed E-state index contributed by atoms with van der Waals surface area (Å²) in [6, 6.07) is 5.13. The molecule has 2 rings (SSSR count). The van der Waals surface area contributed by atoms with Gasteiger partial charge in [0.05, 0.1) is 10.6 Å². The summed E-state index contributed by atoms with van der Waals surface area (Å²) in [5.74, 6) is 0.371. The fourth-order valence-electron chi connectivity index (χ4n) is 1.85. The lowest BCUT2D eigenvalue weighted by Crippen LogP contribution is -2.55. The first-order valence-electron chi connectivity index (χ1n) is 5.40. The van der Waals surface area contributed by atoms with Crippen molar-refractivity contribution in [2.75, 3.05) is 5.88 Å². The molecule has 1 saturated carbocycles. The Balaban J connectivity index is 2.11. The quantitative estimate of drug-likeness (QED) is 0.831. The summed E-state index contributed by atoms with van der Waals surface area (Å²) in [4.78, 5) is 12.0. The molecule has 1 aromatic carbocycles. The molecule has 0 aliphatic heterocycles. The van der Waals surface area contributed by atoms with E-state index < -0.39 is 0 Å². The summed E-state index contributed by atoms with van der Waals surface area (Å²) in [5, 5.41) is 3.60. The molecule has 17 heavy (non-hydrogen) atoms. The maximum absolute atomic E-state index is 12.0. The number of benzene rings is 1. The van der Waals surface area contributed by atoms with E-state index in [2.05, 4.69) is 21.2 Å². The standard InChI is InChI=1S/C12H12BrCl2NO/c13-9-6-8(2-3-10(9)15)11(17)16-12(7-14)4-1-5-12/h2-3,6H,1,4-5,7H2,(H,16,17). The Hall–Kier alpha value is -0.250. The van der Waals surface area contributed by atoms with Crippen molar-refractivity contribution in [2.45, 2.75) is 24.8 Å². The van der Waals surface area contributed by atoms with Crippen LogP contribution in [0.2, 0.25) is 5.02 Å². The fourth-order valence-corrected chi connectivity index (χ4v) is 2.68. The first kappa shape index (κ1) is 13.2. The van der Waals surface area contributed by atoms with E-state index >= 15 is 0 Å². The normalized spacial score (nSPS) is 17.4. The van der Waals surface area contributed by atoms with Crippen LogP contribution in [0.4, 0.5) is 0 Å². The molecule has 1 aromatic rings. The Kier molecular flexibility index (Phi) is 4.01. The van der Waals surface area contributed by atoms with Gasteiger partial charge in [0.2, 0.25) is 0 Å². The van der Waals surface area contributed by atoms with Gasteiger partial charge < -0.3 is 5.32 Å². The van der Waals surface area contributed by atoms with Crippen molar-refractivity contribution < 1.29 is 4.79 Å². The molecular weight excluding hydrogens is 325 g/mol. The van der Waals surface area contributed by atoms with Crippen LogP contribution >= 0.6 is 39.1 Å². The third-order valence-corrected chi connectivity index (χ3v) is 4.85. The fraction of sp³-hybridized carbons (Fsp3) is 0.417. The largest absolute Gasteiger partial charge is 0.345 e. The molecule has 1 N–H and O–H groups in total. The van der Waals surface area contributed by atoms with E-state index in [4.69, 9.17) is 23.2 Å². The second kappa shape index (κ2) is 5.17. The van der Waals surface area contributed by atoms with Crippen LogP contribution in [0.1, 0.15) is 29.6 Å². The van der Waals surface area contributed by atoms with Crippen molar-refractivity contribution in [3.8, 4) is 0 Å². The summed E-state index contributed by atoms with van der Waals surface area (Å²) in [7, 11) is 0. The Bertz CT molecular complexity index is 441. The highest BCUT2D eigenvalue weighted by molar-refractivity contribution is 9.10. The highest BCUT2D eigenvalue weighted by Crippen LogP contribution is 2.33. The number of amides is 1. The van der Waals surface area contributed by atoms with Crippen molar-refractivity contribution in [1.82, 2.24) is 5.32 Å². The van der Waals surface area contributed by atoms with Gasteiger partial charge in [0.15, 0.2) is 0 Å². The van der Waals surface area contributed by atoms with Crippen molar-refractivity contribution >= 4 is 45.0 Å². The van der Waals surface area contributed by atoms with E-state index in [-0.39, 0.29) is 11.4 Å². The number of carbonyl (C=O) groups excluding carboxylic acids is 1. The zero-order valence-corrected chi connectivity index (χ0v) is 12.2. The topological polar surface area (TPSA) is 29.1 Å². The summed E-state index contributed by atoms with van der Waals surface area (Å²) in [5.41, 5.74) is 0.391. The van der Waals surface area contributed by atoms with Crippen LogP contribution in [-0.2, 0) is 0 Å². The van der Waals surface area contributed by atoms with Gasteiger partial charge in [-0.1, -0.05) is 11.6 Å². The molecule has 5 heteroatoms. The first-order valence-corrected chi connectivity index (χ1v) is 7.10. The maximum atomic E-state index is 12.0. The minimum absolute atomic E-state index is 0.0947. The number of hydrogen-bond donors (Lipinski definition) is 1. The third-order valence-electron chi connectivity index (χ3n) is 3.13. The number of rotatable bonds is 3.